The zero-order chi connectivity index (χ0) is 32.8. The van der Waals surface area contributed by atoms with Gasteiger partial charge >= 0.3 is 6.36 Å². The number of hydrogen-bond donors (Lipinski definition) is 1. The molecule has 2 heterocycles. The van der Waals surface area contributed by atoms with Crippen LogP contribution in [0.4, 0.5) is 18.9 Å². The summed E-state index contributed by atoms with van der Waals surface area (Å²) in [5, 5.41) is 7.47. The number of thioether (sulfide) groups is 1. The second kappa shape index (κ2) is 14.3. The normalized spacial score (nSPS) is 15.0. The number of amides is 2. The number of methoxy groups -OCH3 is 1. The highest BCUT2D eigenvalue weighted by molar-refractivity contribution is 8.01. The molecule has 1 fully saturated rings. The number of nitrogens with zero attached hydrogens (tertiary/aromatic N) is 4. The number of ether oxygens (including phenoxy) is 2. The van der Waals surface area contributed by atoms with E-state index in [0.29, 0.717) is 30.1 Å². The van der Waals surface area contributed by atoms with Gasteiger partial charge in [-0.25, -0.2) is 9.67 Å². The number of unbranched alkanes of at least 4 members (excludes halogenated alkanes) is 1. The van der Waals surface area contributed by atoms with Crippen molar-refractivity contribution in [1.82, 2.24) is 20.1 Å². The maximum atomic E-state index is 12.8. The molecule has 13 heteroatoms. The molecule has 0 radical (unpaired) electrons. The highest BCUT2D eigenvalue weighted by atomic mass is 32.2. The van der Waals surface area contributed by atoms with Crippen molar-refractivity contribution in [3.63, 3.8) is 0 Å². The first-order chi connectivity index (χ1) is 22.0. The van der Waals surface area contributed by atoms with Crippen molar-refractivity contribution in [2.24, 2.45) is 0 Å². The van der Waals surface area contributed by atoms with Crippen LogP contribution in [0.25, 0.3) is 17.1 Å². The van der Waals surface area contributed by atoms with Crippen molar-refractivity contribution in [3.8, 4) is 28.6 Å². The number of halogens is 3. The van der Waals surface area contributed by atoms with E-state index in [1.165, 1.54) is 47.0 Å². The molecule has 1 aliphatic rings. The lowest BCUT2D eigenvalue weighted by atomic mass is 10.00. The summed E-state index contributed by atoms with van der Waals surface area (Å²) in [5.74, 6) is 1.21. The Morgan fingerprint density at radius 2 is 1.76 bits per heavy atom. The van der Waals surface area contributed by atoms with E-state index in [0.717, 1.165) is 41.0 Å². The highest BCUT2D eigenvalue weighted by Crippen LogP contribution is 2.37. The third kappa shape index (κ3) is 8.19. The van der Waals surface area contributed by atoms with Crippen LogP contribution in [-0.2, 0) is 16.0 Å². The maximum absolute atomic E-state index is 12.8. The largest absolute Gasteiger partial charge is 0.573 e. The van der Waals surface area contributed by atoms with Crippen LogP contribution in [0.1, 0.15) is 50.2 Å². The number of rotatable bonds is 12. The van der Waals surface area contributed by atoms with E-state index < -0.39 is 11.9 Å². The van der Waals surface area contributed by atoms with Crippen molar-refractivity contribution < 1.29 is 32.2 Å². The number of nitrogens with one attached hydrogen (secondary N) is 1. The van der Waals surface area contributed by atoms with Crippen LogP contribution in [0, 0.1) is 0 Å². The minimum Gasteiger partial charge on any atom is -0.497 e. The number of benzene rings is 3. The molecule has 0 aliphatic carbocycles. The second-order valence-corrected chi connectivity index (χ2v) is 12.1. The Balaban J connectivity index is 1.10. The van der Waals surface area contributed by atoms with Crippen LogP contribution in [0.3, 0.4) is 0 Å². The smallest absolute Gasteiger partial charge is 0.497 e. The molecular formula is C33H34F3N5O4S. The van der Waals surface area contributed by atoms with E-state index in [1.54, 1.807) is 12.0 Å². The van der Waals surface area contributed by atoms with Gasteiger partial charge in [-0.1, -0.05) is 38.1 Å². The Kier molecular flexibility index (Phi) is 10.2. The van der Waals surface area contributed by atoms with Gasteiger partial charge in [-0.05, 0) is 78.8 Å². The first-order valence-corrected chi connectivity index (χ1v) is 15.8. The van der Waals surface area contributed by atoms with Gasteiger partial charge in [-0.2, -0.15) is 0 Å². The van der Waals surface area contributed by atoms with Gasteiger partial charge in [0.1, 0.15) is 17.8 Å². The van der Waals surface area contributed by atoms with Gasteiger partial charge in [0.2, 0.25) is 11.8 Å². The van der Waals surface area contributed by atoms with Crippen LogP contribution in [0.2, 0.25) is 0 Å². The van der Waals surface area contributed by atoms with Crippen LogP contribution < -0.4 is 19.7 Å². The Labute approximate surface area is 269 Å². The first-order valence-electron chi connectivity index (χ1n) is 14.8. The molecule has 3 aromatic carbocycles. The lowest BCUT2D eigenvalue weighted by Crippen LogP contribution is -2.45. The zero-order valence-electron chi connectivity index (χ0n) is 25.6. The predicted molar refractivity (Wildman–Crippen MR) is 170 cm³/mol. The minimum absolute atomic E-state index is 0.0404. The number of carbonyl (C=O) groups is 2. The topological polar surface area (TPSA) is 98.6 Å². The summed E-state index contributed by atoms with van der Waals surface area (Å²) >= 11 is 1.41. The molecule has 0 spiro atoms. The SMILES string of the molecule is COc1ccc(N2C(=O)CSC2NC(=O)CCCCc2ccc(-c3ncn(-c4ccc(OC(F)(F)F)cc4)n3)cc2)c(C(C)C)c1. The molecule has 4 aromatic rings. The van der Waals surface area contributed by atoms with Gasteiger partial charge in [0.05, 0.1) is 24.2 Å². The van der Waals surface area contributed by atoms with Gasteiger partial charge < -0.3 is 14.8 Å². The fourth-order valence-electron chi connectivity index (χ4n) is 5.10. The lowest BCUT2D eigenvalue weighted by molar-refractivity contribution is -0.274. The fourth-order valence-corrected chi connectivity index (χ4v) is 6.13. The third-order valence-electron chi connectivity index (χ3n) is 7.43. The minimum atomic E-state index is -4.75. The summed E-state index contributed by atoms with van der Waals surface area (Å²) in [5.41, 5.74) is 3.75. The van der Waals surface area contributed by atoms with E-state index >= 15 is 0 Å². The lowest BCUT2D eigenvalue weighted by Gasteiger charge is -2.28. The van der Waals surface area contributed by atoms with Crippen LogP contribution >= 0.6 is 11.8 Å². The second-order valence-electron chi connectivity index (χ2n) is 11.0. The van der Waals surface area contributed by atoms with Crippen molar-refractivity contribution in [1.29, 1.82) is 0 Å². The van der Waals surface area contributed by atoms with Crippen molar-refractivity contribution in [2.75, 3.05) is 17.8 Å². The van der Waals surface area contributed by atoms with Crippen LogP contribution in [0.15, 0.2) is 73.1 Å². The van der Waals surface area contributed by atoms with E-state index in [2.05, 4.69) is 34.0 Å². The standard InChI is InChI=1S/C33H34F3N5O4S/c1-21(2)27-18-26(44-3)16-17-28(27)41-30(43)19-46-32(41)38-29(42)7-5-4-6-22-8-10-23(11-9-22)31-37-20-40(39-31)24-12-14-25(15-13-24)45-33(34,35)36/h8-18,20-21,32H,4-7,19H2,1-3H3,(H,38,42). The molecule has 242 valence electrons. The van der Waals surface area contributed by atoms with Crippen molar-refractivity contribution in [3.05, 3.63) is 84.2 Å². The Morgan fingerprint density at radius 3 is 2.43 bits per heavy atom. The Morgan fingerprint density at radius 1 is 1.04 bits per heavy atom. The van der Waals surface area contributed by atoms with Gasteiger partial charge in [-0.15, -0.1) is 30.0 Å². The third-order valence-corrected chi connectivity index (χ3v) is 8.48. The number of hydrogen-bond acceptors (Lipinski definition) is 7. The molecule has 46 heavy (non-hydrogen) atoms. The quantitative estimate of drug-likeness (QED) is 0.167. The molecule has 9 nitrogen and oxygen atoms in total. The number of carbonyl (C=O) groups excluding carboxylic acids is 2. The molecule has 2 amide bonds. The molecular weight excluding hydrogens is 619 g/mol. The average Bonchev–Trinajstić information content (AvgIpc) is 3.66. The van der Waals surface area contributed by atoms with Crippen molar-refractivity contribution >= 4 is 29.3 Å². The maximum Gasteiger partial charge on any atom is 0.573 e. The molecule has 0 bridgehead atoms. The number of aromatic nitrogens is 3. The van der Waals surface area contributed by atoms with Gasteiger partial charge in [0.25, 0.3) is 0 Å². The van der Waals surface area contributed by atoms with E-state index in [1.807, 2.05) is 42.5 Å². The average molecular weight is 654 g/mol. The molecule has 1 unspecified atom stereocenters. The Hall–Kier alpha value is -4.52. The molecule has 0 saturated carbocycles. The van der Waals surface area contributed by atoms with Gasteiger partial charge in [0.15, 0.2) is 11.3 Å². The fraction of sp³-hybridized carbons (Fsp3) is 0.333. The number of alkyl halides is 3. The molecule has 1 N–H and O–H groups in total. The van der Waals surface area contributed by atoms with E-state index in [-0.39, 0.29) is 23.5 Å². The number of anilines is 1. The summed E-state index contributed by atoms with van der Waals surface area (Å²) in [6.07, 6.45) is -0.621. The summed E-state index contributed by atoms with van der Waals surface area (Å²) in [7, 11) is 1.61. The molecule has 5 rings (SSSR count). The number of aryl methyl sites for hydroxylation is 1. The summed E-state index contributed by atoms with van der Waals surface area (Å²) in [6, 6.07) is 18.8. The Bertz CT molecular complexity index is 1660. The van der Waals surface area contributed by atoms with Crippen molar-refractivity contribution in [2.45, 2.75) is 57.3 Å². The van der Waals surface area contributed by atoms with Crippen LogP contribution in [-0.4, -0.2) is 51.3 Å². The summed E-state index contributed by atoms with van der Waals surface area (Å²) in [6.45, 7) is 4.12. The monoisotopic (exact) mass is 653 g/mol. The van der Waals surface area contributed by atoms with Crippen LogP contribution in [0.5, 0.6) is 11.5 Å². The summed E-state index contributed by atoms with van der Waals surface area (Å²) in [4.78, 5) is 31.7. The zero-order valence-corrected chi connectivity index (χ0v) is 26.4. The van der Waals surface area contributed by atoms with E-state index in [9.17, 15) is 22.8 Å². The predicted octanol–water partition coefficient (Wildman–Crippen LogP) is 6.86. The molecule has 1 aromatic heterocycles. The molecule has 1 aliphatic heterocycles. The van der Waals surface area contributed by atoms with E-state index in [4.69, 9.17) is 4.74 Å². The first kappa shape index (κ1) is 32.9. The van der Waals surface area contributed by atoms with Gasteiger partial charge in [-0.3, -0.25) is 14.5 Å². The highest BCUT2D eigenvalue weighted by Gasteiger charge is 2.35. The molecule has 1 saturated heterocycles. The van der Waals surface area contributed by atoms with Gasteiger partial charge in [0, 0.05) is 12.0 Å². The molecule has 1 atom stereocenters. The summed E-state index contributed by atoms with van der Waals surface area (Å²) < 4.78 is 48.0.